The average Bonchev–Trinajstić information content (AvgIpc) is 2.59. The van der Waals surface area contributed by atoms with E-state index in [-0.39, 0.29) is 28.7 Å². The number of hydrogen-bond donors (Lipinski definition) is 2. The molecule has 8 nitrogen and oxygen atoms in total. The molecule has 0 saturated carbocycles. The second kappa shape index (κ2) is 7.93. The molecule has 1 aliphatic rings. The molecule has 24 heavy (non-hydrogen) atoms. The van der Waals surface area contributed by atoms with Gasteiger partial charge < -0.3 is 19.5 Å². The molecule has 0 aliphatic carbocycles. The molecule has 1 atom stereocenters. The van der Waals surface area contributed by atoms with Crippen LogP contribution in [0.15, 0.2) is 23.1 Å². The van der Waals surface area contributed by atoms with Gasteiger partial charge in [-0.2, -0.15) is 0 Å². The van der Waals surface area contributed by atoms with Gasteiger partial charge in [-0.15, -0.1) is 0 Å². The minimum atomic E-state index is -3.92. The van der Waals surface area contributed by atoms with Gasteiger partial charge in [-0.05, 0) is 25.1 Å². The second-order valence-corrected chi connectivity index (χ2v) is 7.21. The highest BCUT2D eigenvalue weighted by Gasteiger charge is 2.24. The normalized spacial score (nSPS) is 16.7. The van der Waals surface area contributed by atoms with E-state index in [1.165, 1.54) is 32.2 Å². The van der Waals surface area contributed by atoms with Gasteiger partial charge in [-0.3, -0.25) is 4.79 Å². The Hall–Kier alpha value is -1.68. The highest BCUT2D eigenvalue weighted by atomic mass is 32.2. The average molecular weight is 358 g/mol. The molecule has 1 aliphatic heterocycles. The fraction of sp³-hybridized carbons (Fsp3) is 0.533. The Labute approximate surface area is 141 Å². The number of carbonyl (C=O) groups excluding carboxylic acids is 1. The topological polar surface area (TPSA) is 105 Å². The molecule has 1 aromatic rings. The fourth-order valence-electron chi connectivity index (χ4n) is 2.28. The van der Waals surface area contributed by atoms with Crippen LogP contribution in [0.25, 0.3) is 0 Å². The molecule has 2 rings (SSSR count). The monoisotopic (exact) mass is 358 g/mol. The number of aliphatic hydroxyl groups excluding tert-OH is 1. The van der Waals surface area contributed by atoms with E-state index in [0.29, 0.717) is 26.3 Å². The Morgan fingerprint density at radius 3 is 2.67 bits per heavy atom. The predicted molar refractivity (Wildman–Crippen MR) is 86.6 cm³/mol. The lowest BCUT2D eigenvalue weighted by molar-refractivity contribution is 0.0302. The molecule has 1 heterocycles. The van der Waals surface area contributed by atoms with E-state index in [0.717, 1.165) is 0 Å². The smallest absolute Gasteiger partial charge is 0.254 e. The van der Waals surface area contributed by atoms with Crippen molar-refractivity contribution in [2.24, 2.45) is 0 Å². The summed E-state index contributed by atoms with van der Waals surface area (Å²) in [6, 6.07) is 4.27. The van der Waals surface area contributed by atoms with Crippen LogP contribution in [0.2, 0.25) is 0 Å². The van der Waals surface area contributed by atoms with E-state index in [2.05, 4.69) is 4.72 Å². The lowest BCUT2D eigenvalue weighted by Crippen LogP contribution is -2.40. The number of hydrogen-bond acceptors (Lipinski definition) is 6. The van der Waals surface area contributed by atoms with Gasteiger partial charge in [-0.1, -0.05) is 0 Å². The highest BCUT2D eigenvalue weighted by Crippen LogP contribution is 2.25. The van der Waals surface area contributed by atoms with Crippen LogP contribution in [0.3, 0.4) is 0 Å². The minimum absolute atomic E-state index is 0.131. The maximum atomic E-state index is 12.5. The van der Waals surface area contributed by atoms with Crippen LogP contribution in [0, 0.1) is 0 Å². The summed E-state index contributed by atoms with van der Waals surface area (Å²) in [5.41, 5.74) is 0.259. The summed E-state index contributed by atoms with van der Waals surface area (Å²) in [7, 11) is -2.56. The van der Waals surface area contributed by atoms with Crippen molar-refractivity contribution in [1.82, 2.24) is 9.62 Å². The number of nitrogens with zero attached hydrogens (tertiary/aromatic N) is 1. The van der Waals surface area contributed by atoms with Crippen molar-refractivity contribution < 1.29 is 27.8 Å². The second-order valence-electron chi connectivity index (χ2n) is 5.47. The SMILES string of the molecule is COc1ccc(C(=O)N2CCOCC2)cc1S(=O)(=O)NCC(C)O. The Bertz CT molecular complexity index is 683. The van der Waals surface area contributed by atoms with Gasteiger partial charge in [-0.25, -0.2) is 13.1 Å². The molecule has 0 bridgehead atoms. The van der Waals surface area contributed by atoms with Crippen molar-refractivity contribution in [3.63, 3.8) is 0 Å². The number of aliphatic hydroxyl groups is 1. The van der Waals surface area contributed by atoms with Gasteiger partial charge in [0.05, 0.1) is 26.4 Å². The first-order chi connectivity index (χ1) is 11.3. The number of rotatable bonds is 6. The lowest BCUT2D eigenvalue weighted by Gasteiger charge is -2.27. The van der Waals surface area contributed by atoms with Crippen molar-refractivity contribution in [2.75, 3.05) is 40.0 Å². The number of benzene rings is 1. The van der Waals surface area contributed by atoms with Crippen molar-refractivity contribution in [3.8, 4) is 5.75 Å². The van der Waals surface area contributed by atoms with Gasteiger partial charge in [0.2, 0.25) is 10.0 Å². The molecular formula is C15H22N2O6S. The zero-order valence-electron chi connectivity index (χ0n) is 13.7. The molecule has 1 saturated heterocycles. The van der Waals surface area contributed by atoms with Crippen LogP contribution in [0.4, 0.5) is 0 Å². The molecule has 134 valence electrons. The Balaban J connectivity index is 2.31. The van der Waals surface area contributed by atoms with Crippen LogP contribution in [-0.2, 0) is 14.8 Å². The van der Waals surface area contributed by atoms with Crippen molar-refractivity contribution in [3.05, 3.63) is 23.8 Å². The third-order valence-corrected chi connectivity index (χ3v) is 5.01. The Kier molecular flexibility index (Phi) is 6.16. The van der Waals surface area contributed by atoms with Gasteiger partial charge in [0.25, 0.3) is 5.91 Å². The number of sulfonamides is 1. The summed E-state index contributed by atoms with van der Waals surface area (Å²) in [6.45, 7) is 3.19. The number of morpholine rings is 1. The summed E-state index contributed by atoms with van der Waals surface area (Å²) >= 11 is 0. The van der Waals surface area contributed by atoms with E-state index in [4.69, 9.17) is 9.47 Å². The molecule has 0 radical (unpaired) electrons. The zero-order chi connectivity index (χ0) is 17.7. The summed E-state index contributed by atoms with van der Waals surface area (Å²) in [5.74, 6) is -0.125. The molecule has 1 aromatic carbocycles. The first kappa shape index (κ1) is 18.7. The van der Waals surface area contributed by atoms with E-state index < -0.39 is 16.1 Å². The van der Waals surface area contributed by atoms with Crippen LogP contribution in [0.1, 0.15) is 17.3 Å². The van der Waals surface area contributed by atoms with Crippen molar-refractivity contribution >= 4 is 15.9 Å². The molecule has 1 fully saturated rings. The molecule has 0 aromatic heterocycles. The van der Waals surface area contributed by atoms with Crippen molar-refractivity contribution in [2.45, 2.75) is 17.9 Å². The summed E-state index contributed by atoms with van der Waals surface area (Å²) in [4.78, 5) is 14.0. The number of carbonyl (C=O) groups is 1. The fourth-order valence-corrected chi connectivity index (χ4v) is 3.59. The van der Waals surface area contributed by atoms with Gasteiger partial charge in [0.1, 0.15) is 10.6 Å². The lowest BCUT2D eigenvalue weighted by atomic mass is 10.2. The van der Waals surface area contributed by atoms with E-state index in [9.17, 15) is 18.3 Å². The first-order valence-corrected chi connectivity index (χ1v) is 9.06. The number of ether oxygens (including phenoxy) is 2. The predicted octanol–water partition coefficient (Wildman–Crippen LogP) is -0.173. The quantitative estimate of drug-likeness (QED) is 0.731. The van der Waals surface area contributed by atoms with Gasteiger partial charge >= 0.3 is 0 Å². The number of nitrogens with one attached hydrogen (secondary N) is 1. The molecule has 2 N–H and O–H groups in total. The van der Waals surface area contributed by atoms with Crippen LogP contribution >= 0.6 is 0 Å². The van der Waals surface area contributed by atoms with Crippen LogP contribution in [0.5, 0.6) is 5.75 Å². The summed E-state index contributed by atoms with van der Waals surface area (Å²) in [6.07, 6.45) is -0.830. The van der Waals surface area contributed by atoms with Crippen LogP contribution < -0.4 is 9.46 Å². The van der Waals surface area contributed by atoms with Crippen LogP contribution in [-0.4, -0.2) is 70.4 Å². The van der Waals surface area contributed by atoms with E-state index >= 15 is 0 Å². The minimum Gasteiger partial charge on any atom is -0.495 e. The van der Waals surface area contributed by atoms with Crippen molar-refractivity contribution in [1.29, 1.82) is 0 Å². The molecule has 1 unspecified atom stereocenters. The Morgan fingerprint density at radius 2 is 2.08 bits per heavy atom. The number of amides is 1. The molecule has 9 heteroatoms. The largest absolute Gasteiger partial charge is 0.495 e. The van der Waals surface area contributed by atoms with Gasteiger partial charge in [0.15, 0.2) is 0 Å². The third-order valence-electron chi connectivity index (χ3n) is 3.57. The molecular weight excluding hydrogens is 336 g/mol. The standard InChI is InChI=1S/C15H22N2O6S/c1-11(18)10-16-24(20,21)14-9-12(3-4-13(14)22-2)15(19)17-5-7-23-8-6-17/h3-4,9,11,16,18H,5-8,10H2,1-2H3. The number of methoxy groups -OCH3 is 1. The summed E-state index contributed by atoms with van der Waals surface area (Å²) in [5, 5.41) is 9.27. The molecule has 0 spiro atoms. The molecule has 1 amide bonds. The highest BCUT2D eigenvalue weighted by molar-refractivity contribution is 7.89. The summed E-state index contributed by atoms with van der Waals surface area (Å²) < 4.78 is 37.4. The Morgan fingerprint density at radius 1 is 1.42 bits per heavy atom. The first-order valence-electron chi connectivity index (χ1n) is 7.58. The van der Waals surface area contributed by atoms with E-state index in [1.54, 1.807) is 4.90 Å². The van der Waals surface area contributed by atoms with E-state index in [1.807, 2.05) is 0 Å². The zero-order valence-corrected chi connectivity index (χ0v) is 14.5. The third kappa shape index (κ3) is 4.44. The van der Waals surface area contributed by atoms with Gasteiger partial charge in [0, 0.05) is 25.2 Å². The maximum absolute atomic E-state index is 12.5. The maximum Gasteiger partial charge on any atom is 0.254 e.